The van der Waals surface area contributed by atoms with E-state index in [4.69, 9.17) is 11.6 Å². The zero-order valence-corrected chi connectivity index (χ0v) is 11.6. The van der Waals surface area contributed by atoms with E-state index < -0.39 is 0 Å². The van der Waals surface area contributed by atoms with Crippen LogP contribution in [0.4, 0.5) is 4.39 Å². The maximum atomic E-state index is 13.5. The highest BCUT2D eigenvalue weighted by molar-refractivity contribution is 9.10. The molecular formula is C12H11BrClFN2. The fourth-order valence-electron chi connectivity index (χ4n) is 2.22. The molecule has 2 aromatic rings. The van der Waals surface area contributed by atoms with E-state index in [1.165, 1.54) is 6.07 Å². The van der Waals surface area contributed by atoms with Crippen LogP contribution in [-0.2, 0) is 11.4 Å². The van der Waals surface area contributed by atoms with E-state index in [1.54, 1.807) is 6.07 Å². The lowest BCUT2D eigenvalue weighted by Gasteiger charge is -2.15. The van der Waals surface area contributed by atoms with Crippen molar-refractivity contribution >= 4 is 38.6 Å². The highest BCUT2D eigenvalue weighted by atomic mass is 79.9. The normalized spacial score (nSPS) is 17.6. The Hall–Kier alpha value is -0.610. The Morgan fingerprint density at radius 1 is 1.53 bits per heavy atom. The van der Waals surface area contributed by atoms with Gasteiger partial charge >= 0.3 is 0 Å². The molecule has 2 nitrogen and oxygen atoms in total. The molecule has 1 heterocycles. The van der Waals surface area contributed by atoms with Gasteiger partial charge in [-0.2, -0.15) is 0 Å². The second kappa shape index (κ2) is 3.69. The van der Waals surface area contributed by atoms with Crippen LogP contribution < -0.4 is 0 Å². The van der Waals surface area contributed by atoms with E-state index in [9.17, 15) is 4.39 Å². The van der Waals surface area contributed by atoms with Crippen molar-refractivity contribution in [3.8, 4) is 0 Å². The molecule has 90 valence electrons. The van der Waals surface area contributed by atoms with Gasteiger partial charge in [-0.05, 0) is 41.8 Å². The number of alkyl halides is 1. The van der Waals surface area contributed by atoms with Crippen LogP contribution in [0.25, 0.3) is 11.0 Å². The molecule has 0 spiro atoms. The average molecular weight is 318 g/mol. The number of fused-ring (bicyclic) bond motifs is 1. The van der Waals surface area contributed by atoms with Gasteiger partial charge in [0.15, 0.2) is 0 Å². The fraction of sp³-hybridized carbons (Fsp3) is 0.417. The minimum Gasteiger partial charge on any atom is -0.321 e. The van der Waals surface area contributed by atoms with Crippen LogP contribution in [0.2, 0.25) is 0 Å². The van der Waals surface area contributed by atoms with E-state index in [-0.39, 0.29) is 11.4 Å². The first-order valence-electron chi connectivity index (χ1n) is 5.48. The van der Waals surface area contributed by atoms with Gasteiger partial charge in [-0.25, -0.2) is 9.37 Å². The van der Waals surface area contributed by atoms with Crippen molar-refractivity contribution < 1.29 is 4.39 Å². The predicted molar refractivity (Wildman–Crippen MR) is 69.8 cm³/mol. The van der Waals surface area contributed by atoms with Crippen LogP contribution in [-0.4, -0.2) is 9.55 Å². The molecule has 1 aromatic carbocycles. The first kappa shape index (κ1) is 11.5. The molecule has 0 bridgehead atoms. The molecule has 1 fully saturated rings. The quantitative estimate of drug-likeness (QED) is 0.760. The summed E-state index contributed by atoms with van der Waals surface area (Å²) in [6.07, 6.45) is 2.24. The summed E-state index contributed by atoms with van der Waals surface area (Å²) >= 11 is 9.15. The Labute approximate surface area is 112 Å². The molecule has 0 unspecified atom stereocenters. The molecule has 0 atom stereocenters. The van der Waals surface area contributed by atoms with E-state index in [2.05, 4.69) is 32.4 Å². The maximum absolute atomic E-state index is 13.5. The van der Waals surface area contributed by atoms with Crippen LogP contribution in [0.15, 0.2) is 16.6 Å². The van der Waals surface area contributed by atoms with Crippen molar-refractivity contribution in [1.82, 2.24) is 9.55 Å². The van der Waals surface area contributed by atoms with Gasteiger partial charge in [-0.3, -0.25) is 0 Å². The summed E-state index contributed by atoms with van der Waals surface area (Å²) in [6.45, 7) is 2.18. The van der Waals surface area contributed by atoms with Gasteiger partial charge in [0.2, 0.25) is 0 Å². The first-order chi connectivity index (χ1) is 8.05. The number of imidazole rings is 1. The molecular weight excluding hydrogens is 307 g/mol. The predicted octanol–water partition coefficient (Wildman–Crippen LogP) is 4.19. The third-order valence-corrected chi connectivity index (χ3v) is 4.25. The summed E-state index contributed by atoms with van der Waals surface area (Å²) in [6, 6.07) is 3.25. The SMILES string of the molecule is CC1(n2c(CCl)nc3cc(F)c(Br)cc32)CC1. The number of hydrogen-bond donors (Lipinski definition) is 0. The van der Waals surface area contributed by atoms with Crippen molar-refractivity contribution in [2.45, 2.75) is 31.2 Å². The van der Waals surface area contributed by atoms with E-state index in [0.717, 1.165) is 24.2 Å². The van der Waals surface area contributed by atoms with E-state index in [1.807, 2.05) is 0 Å². The van der Waals surface area contributed by atoms with Crippen molar-refractivity contribution in [3.05, 3.63) is 28.2 Å². The van der Waals surface area contributed by atoms with Gasteiger partial charge < -0.3 is 4.57 Å². The van der Waals surface area contributed by atoms with Crippen molar-refractivity contribution in [2.24, 2.45) is 0 Å². The molecule has 0 N–H and O–H groups in total. The first-order valence-corrected chi connectivity index (χ1v) is 6.81. The minimum atomic E-state index is -0.288. The number of aromatic nitrogens is 2. The highest BCUT2D eigenvalue weighted by Gasteiger charge is 2.41. The lowest BCUT2D eigenvalue weighted by Crippen LogP contribution is -2.14. The van der Waals surface area contributed by atoms with E-state index >= 15 is 0 Å². The molecule has 1 aliphatic carbocycles. The van der Waals surface area contributed by atoms with Gasteiger partial charge in [0.05, 0.1) is 21.4 Å². The zero-order valence-electron chi connectivity index (χ0n) is 9.30. The summed E-state index contributed by atoms with van der Waals surface area (Å²) in [5, 5.41) is 0. The van der Waals surface area contributed by atoms with Gasteiger partial charge in [0.25, 0.3) is 0 Å². The maximum Gasteiger partial charge on any atom is 0.139 e. The molecule has 1 aromatic heterocycles. The zero-order chi connectivity index (χ0) is 12.2. The number of hydrogen-bond acceptors (Lipinski definition) is 1. The standard InChI is InChI=1S/C12H11BrClFN2/c1-12(2-3-12)17-10-4-7(13)8(15)5-9(10)16-11(17)6-14/h4-5H,2-3,6H2,1H3. The summed E-state index contributed by atoms with van der Waals surface area (Å²) in [5.41, 5.74) is 1.74. The van der Waals surface area contributed by atoms with E-state index in [0.29, 0.717) is 15.9 Å². The van der Waals surface area contributed by atoms with Crippen molar-refractivity contribution in [1.29, 1.82) is 0 Å². The Bertz CT molecular complexity index is 604. The molecule has 1 saturated carbocycles. The fourth-order valence-corrected chi connectivity index (χ4v) is 2.73. The van der Waals surface area contributed by atoms with Crippen LogP contribution in [0.1, 0.15) is 25.6 Å². The van der Waals surface area contributed by atoms with Crippen LogP contribution >= 0.6 is 27.5 Å². The molecule has 0 radical (unpaired) electrons. The average Bonchev–Trinajstić information content (AvgIpc) is 2.91. The molecule has 0 amide bonds. The van der Waals surface area contributed by atoms with Crippen LogP contribution in [0.3, 0.4) is 0 Å². The van der Waals surface area contributed by atoms with Crippen LogP contribution in [0.5, 0.6) is 0 Å². The van der Waals surface area contributed by atoms with Crippen molar-refractivity contribution in [2.75, 3.05) is 0 Å². The third kappa shape index (κ3) is 1.69. The smallest absolute Gasteiger partial charge is 0.139 e. The Morgan fingerprint density at radius 2 is 2.24 bits per heavy atom. The highest BCUT2D eigenvalue weighted by Crippen LogP contribution is 2.46. The number of benzene rings is 1. The lowest BCUT2D eigenvalue weighted by molar-refractivity contribution is 0.531. The van der Waals surface area contributed by atoms with Gasteiger partial charge in [-0.1, -0.05) is 0 Å². The summed E-state index contributed by atoms with van der Waals surface area (Å²) in [4.78, 5) is 4.41. The molecule has 17 heavy (non-hydrogen) atoms. The number of halogens is 3. The second-order valence-corrected chi connectivity index (χ2v) is 5.87. The third-order valence-electron chi connectivity index (χ3n) is 3.40. The Morgan fingerprint density at radius 3 is 2.82 bits per heavy atom. The second-order valence-electron chi connectivity index (χ2n) is 4.75. The lowest BCUT2D eigenvalue weighted by atomic mass is 10.2. The minimum absolute atomic E-state index is 0.107. The largest absolute Gasteiger partial charge is 0.321 e. The van der Waals surface area contributed by atoms with Gasteiger partial charge in [-0.15, -0.1) is 11.6 Å². The van der Waals surface area contributed by atoms with Crippen molar-refractivity contribution in [3.63, 3.8) is 0 Å². The molecule has 0 saturated heterocycles. The Balaban J connectivity index is 2.34. The van der Waals surface area contributed by atoms with Crippen LogP contribution in [0, 0.1) is 5.82 Å². The molecule has 5 heteroatoms. The number of rotatable bonds is 2. The topological polar surface area (TPSA) is 17.8 Å². The molecule has 1 aliphatic rings. The van der Waals surface area contributed by atoms with Gasteiger partial charge in [0, 0.05) is 11.6 Å². The van der Waals surface area contributed by atoms with Gasteiger partial charge in [0.1, 0.15) is 11.6 Å². The molecule has 0 aliphatic heterocycles. The summed E-state index contributed by atoms with van der Waals surface area (Å²) < 4.78 is 16.1. The monoisotopic (exact) mass is 316 g/mol. The summed E-state index contributed by atoms with van der Waals surface area (Å²) in [7, 11) is 0. The number of nitrogens with zero attached hydrogens (tertiary/aromatic N) is 2. The summed E-state index contributed by atoms with van der Waals surface area (Å²) in [5.74, 6) is 0.882. The molecule has 3 rings (SSSR count). The Kier molecular flexibility index (Phi) is 2.49.